The molecule has 0 fully saturated rings. The molecule has 1 aromatic carbocycles. The van der Waals surface area contributed by atoms with E-state index in [1.54, 1.807) is 0 Å². The normalized spacial score (nSPS) is 12.7. The van der Waals surface area contributed by atoms with Gasteiger partial charge in [-0.15, -0.1) is 0 Å². The lowest BCUT2D eigenvalue weighted by Gasteiger charge is -2.12. The molecule has 20 heavy (non-hydrogen) atoms. The van der Waals surface area contributed by atoms with Crippen LogP contribution in [-0.4, -0.2) is 34.4 Å². The average Bonchev–Trinajstić information content (AvgIpc) is 2.84. The van der Waals surface area contributed by atoms with Crippen molar-refractivity contribution in [2.45, 2.75) is 31.0 Å². The van der Waals surface area contributed by atoms with Crippen LogP contribution in [-0.2, 0) is 4.79 Å². The van der Waals surface area contributed by atoms with Gasteiger partial charge in [0.15, 0.2) is 5.58 Å². The van der Waals surface area contributed by atoms with E-state index in [0.717, 1.165) is 17.5 Å². The Kier molecular flexibility index (Phi) is 5.43. The third kappa shape index (κ3) is 3.98. The first kappa shape index (κ1) is 14.9. The molecule has 0 saturated carbocycles. The zero-order valence-electron chi connectivity index (χ0n) is 11.3. The molecular formula is C14H18N2O3S. The number of aliphatic carboxylic acids is 1. The Hall–Kier alpha value is -1.53. The number of hydrogen-bond acceptors (Lipinski definition) is 5. The van der Waals surface area contributed by atoms with Crippen molar-refractivity contribution in [3.05, 3.63) is 24.3 Å². The fourth-order valence-electron chi connectivity index (χ4n) is 1.81. The zero-order valence-corrected chi connectivity index (χ0v) is 12.2. The van der Waals surface area contributed by atoms with E-state index in [2.05, 4.69) is 10.3 Å². The summed E-state index contributed by atoms with van der Waals surface area (Å²) in [5.41, 5.74) is 1.59. The molecule has 1 unspecified atom stereocenters. The van der Waals surface area contributed by atoms with Crippen LogP contribution < -0.4 is 5.32 Å². The molecule has 108 valence electrons. The third-order valence-corrected chi connectivity index (χ3v) is 3.71. The van der Waals surface area contributed by atoms with Crippen molar-refractivity contribution in [3.63, 3.8) is 0 Å². The second-order valence-electron chi connectivity index (χ2n) is 4.43. The predicted molar refractivity (Wildman–Crippen MR) is 79.1 cm³/mol. The van der Waals surface area contributed by atoms with E-state index < -0.39 is 12.0 Å². The minimum absolute atomic E-state index is 0.508. The number of thioether (sulfide) groups is 1. The fraction of sp³-hybridized carbons (Fsp3) is 0.429. The highest BCUT2D eigenvalue weighted by atomic mass is 32.2. The smallest absolute Gasteiger partial charge is 0.320 e. The molecule has 0 saturated heterocycles. The molecule has 2 aromatic rings. The summed E-state index contributed by atoms with van der Waals surface area (Å²) in [5, 5.41) is 12.7. The fourth-order valence-corrected chi connectivity index (χ4v) is 2.65. The van der Waals surface area contributed by atoms with Crippen molar-refractivity contribution in [2.75, 3.05) is 12.3 Å². The van der Waals surface area contributed by atoms with Gasteiger partial charge in [0.25, 0.3) is 5.22 Å². The number of fused-ring (bicyclic) bond motifs is 1. The molecular weight excluding hydrogens is 276 g/mol. The topological polar surface area (TPSA) is 75.4 Å². The minimum Gasteiger partial charge on any atom is -0.480 e. The second-order valence-corrected chi connectivity index (χ2v) is 5.48. The molecule has 0 aliphatic heterocycles. The van der Waals surface area contributed by atoms with Crippen molar-refractivity contribution < 1.29 is 14.3 Å². The molecule has 2 rings (SSSR count). The van der Waals surface area contributed by atoms with Crippen molar-refractivity contribution in [3.8, 4) is 0 Å². The Labute approximate surface area is 121 Å². The van der Waals surface area contributed by atoms with Crippen LogP contribution in [0.25, 0.3) is 11.1 Å². The van der Waals surface area contributed by atoms with E-state index in [0.29, 0.717) is 23.9 Å². The van der Waals surface area contributed by atoms with Crippen molar-refractivity contribution in [1.82, 2.24) is 10.3 Å². The zero-order chi connectivity index (χ0) is 14.4. The maximum absolute atomic E-state index is 11.1. The molecule has 0 radical (unpaired) electrons. The van der Waals surface area contributed by atoms with Crippen LogP contribution in [0.15, 0.2) is 33.9 Å². The van der Waals surface area contributed by atoms with Gasteiger partial charge in [-0.1, -0.05) is 30.8 Å². The number of carboxylic acid groups (broad SMARTS) is 1. The predicted octanol–water partition coefficient (Wildman–Crippen LogP) is 2.76. The maximum atomic E-state index is 11.1. The van der Waals surface area contributed by atoms with Crippen LogP contribution in [0.3, 0.4) is 0 Å². The summed E-state index contributed by atoms with van der Waals surface area (Å²) in [6.07, 6.45) is 1.46. The molecule has 1 heterocycles. The van der Waals surface area contributed by atoms with Crippen molar-refractivity contribution >= 4 is 28.8 Å². The second kappa shape index (κ2) is 7.31. The maximum Gasteiger partial charge on any atom is 0.320 e. The van der Waals surface area contributed by atoms with Crippen LogP contribution in [0.2, 0.25) is 0 Å². The number of carbonyl (C=O) groups is 1. The van der Waals surface area contributed by atoms with Crippen LogP contribution >= 0.6 is 11.8 Å². The number of benzene rings is 1. The van der Waals surface area contributed by atoms with E-state index in [1.165, 1.54) is 11.8 Å². The summed E-state index contributed by atoms with van der Waals surface area (Å²) in [6, 6.07) is 7.07. The van der Waals surface area contributed by atoms with Gasteiger partial charge in [-0.05, 0) is 31.5 Å². The minimum atomic E-state index is -0.809. The van der Waals surface area contributed by atoms with Crippen LogP contribution in [0.4, 0.5) is 0 Å². The number of oxazole rings is 1. The van der Waals surface area contributed by atoms with Crippen LogP contribution in [0.5, 0.6) is 0 Å². The Bertz CT molecular complexity index is 537. The van der Waals surface area contributed by atoms with E-state index in [-0.39, 0.29) is 0 Å². The largest absolute Gasteiger partial charge is 0.480 e. The lowest BCUT2D eigenvalue weighted by molar-refractivity contribution is -0.139. The number of hydrogen-bond donors (Lipinski definition) is 2. The van der Waals surface area contributed by atoms with Gasteiger partial charge in [0.1, 0.15) is 11.6 Å². The summed E-state index contributed by atoms with van der Waals surface area (Å²) >= 11 is 1.44. The summed E-state index contributed by atoms with van der Waals surface area (Å²) in [7, 11) is 0. The molecule has 0 aliphatic carbocycles. The lowest BCUT2D eigenvalue weighted by Crippen LogP contribution is -2.37. The summed E-state index contributed by atoms with van der Waals surface area (Å²) in [6.45, 7) is 2.73. The van der Waals surface area contributed by atoms with Crippen molar-refractivity contribution in [1.29, 1.82) is 0 Å². The number of rotatable bonds is 8. The number of nitrogens with one attached hydrogen (secondary N) is 1. The van der Waals surface area contributed by atoms with Gasteiger partial charge >= 0.3 is 5.97 Å². The average molecular weight is 294 g/mol. The van der Waals surface area contributed by atoms with Crippen LogP contribution in [0.1, 0.15) is 19.8 Å². The number of aromatic nitrogens is 1. The van der Waals surface area contributed by atoms with Gasteiger partial charge in [-0.25, -0.2) is 4.98 Å². The summed E-state index contributed by atoms with van der Waals surface area (Å²) in [5.74, 6) is -0.155. The first-order chi connectivity index (χ1) is 9.70. The first-order valence-corrected chi connectivity index (χ1v) is 7.64. The Morgan fingerprint density at radius 1 is 1.50 bits per heavy atom. The number of para-hydroxylation sites is 2. The van der Waals surface area contributed by atoms with E-state index >= 15 is 0 Å². The molecule has 1 atom stereocenters. The van der Waals surface area contributed by atoms with Gasteiger partial charge in [0.05, 0.1) is 0 Å². The van der Waals surface area contributed by atoms with Crippen LogP contribution in [0, 0.1) is 0 Å². The number of nitrogens with zero attached hydrogens (tertiary/aromatic N) is 1. The SMILES string of the molecule is CCCNC(CCSc1nc2ccccc2o1)C(=O)O. The summed E-state index contributed by atoms with van der Waals surface area (Å²) < 4.78 is 5.58. The van der Waals surface area contributed by atoms with Gasteiger partial charge in [0, 0.05) is 5.75 Å². The molecule has 1 aromatic heterocycles. The van der Waals surface area contributed by atoms with Gasteiger partial charge in [0.2, 0.25) is 0 Å². The van der Waals surface area contributed by atoms with E-state index in [9.17, 15) is 4.79 Å². The molecule has 5 nitrogen and oxygen atoms in total. The molecule has 2 N–H and O–H groups in total. The lowest BCUT2D eigenvalue weighted by atomic mass is 10.2. The van der Waals surface area contributed by atoms with Gasteiger partial charge < -0.3 is 14.8 Å². The van der Waals surface area contributed by atoms with Gasteiger partial charge in [-0.3, -0.25) is 4.79 Å². The molecule has 0 aliphatic rings. The molecule has 0 spiro atoms. The van der Waals surface area contributed by atoms with E-state index in [1.807, 2.05) is 31.2 Å². The standard InChI is InChI=1S/C14H18N2O3S/c1-2-8-15-11(13(17)18)7-9-20-14-16-10-5-3-4-6-12(10)19-14/h3-6,11,15H,2,7-9H2,1H3,(H,17,18). The van der Waals surface area contributed by atoms with Gasteiger partial charge in [-0.2, -0.15) is 0 Å². The Morgan fingerprint density at radius 2 is 2.30 bits per heavy atom. The molecule has 0 amide bonds. The summed E-state index contributed by atoms with van der Waals surface area (Å²) in [4.78, 5) is 15.4. The quantitative estimate of drug-likeness (QED) is 0.729. The molecule has 0 bridgehead atoms. The Morgan fingerprint density at radius 3 is 3.00 bits per heavy atom. The number of carboxylic acids is 1. The monoisotopic (exact) mass is 294 g/mol. The highest BCUT2D eigenvalue weighted by Crippen LogP contribution is 2.23. The highest BCUT2D eigenvalue weighted by Gasteiger charge is 2.16. The Balaban J connectivity index is 1.86. The van der Waals surface area contributed by atoms with E-state index in [4.69, 9.17) is 9.52 Å². The third-order valence-electron chi connectivity index (χ3n) is 2.85. The highest BCUT2D eigenvalue weighted by molar-refractivity contribution is 7.99. The first-order valence-electron chi connectivity index (χ1n) is 6.65. The van der Waals surface area contributed by atoms with Crippen molar-refractivity contribution in [2.24, 2.45) is 0 Å². The molecule has 6 heteroatoms.